The molecule has 0 saturated carbocycles. The molecule has 4 nitrogen and oxygen atoms in total. The number of para-hydroxylation sites is 2. The van der Waals surface area contributed by atoms with E-state index >= 15 is 0 Å². The third kappa shape index (κ3) is 4.16. The molecule has 146 valence electrons. The number of guanidine groups is 1. The summed E-state index contributed by atoms with van der Waals surface area (Å²) in [5.74, 6) is 1.28. The van der Waals surface area contributed by atoms with E-state index in [0.717, 1.165) is 53.4 Å². The molecule has 0 aromatic heterocycles. The molecule has 0 radical (unpaired) electrons. The lowest BCUT2D eigenvalue weighted by Crippen LogP contribution is -2.33. The van der Waals surface area contributed by atoms with Crippen molar-refractivity contribution >= 4 is 35.2 Å². The average molecular weight is 383 g/mol. The van der Waals surface area contributed by atoms with E-state index in [4.69, 9.17) is 15.5 Å². The highest BCUT2D eigenvalue weighted by Gasteiger charge is 2.20. The summed E-state index contributed by atoms with van der Waals surface area (Å²) in [6, 6.07) is 24.1. The molecule has 3 aromatic carbocycles. The van der Waals surface area contributed by atoms with Gasteiger partial charge in [0.1, 0.15) is 5.75 Å². The fourth-order valence-electron chi connectivity index (χ4n) is 3.35. The van der Waals surface area contributed by atoms with Gasteiger partial charge in [-0.05, 0) is 53.9 Å². The number of nitrogens with two attached hydrogens (primary N) is 1. The van der Waals surface area contributed by atoms with Crippen LogP contribution in [0.15, 0.2) is 77.8 Å². The molecule has 29 heavy (non-hydrogen) atoms. The first-order valence-corrected chi connectivity index (χ1v) is 9.99. The van der Waals surface area contributed by atoms with Gasteiger partial charge in [-0.15, -0.1) is 0 Å². The lowest BCUT2D eigenvalue weighted by atomic mass is 10.1. The van der Waals surface area contributed by atoms with Crippen molar-refractivity contribution in [2.45, 2.75) is 19.8 Å². The zero-order chi connectivity index (χ0) is 20.1. The van der Waals surface area contributed by atoms with Crippen LogP contribution in [0, 0.1) is 0 Å². The third-order valence-corrected chi connectivity index (χ3v) is 4.87. The predicted molar refractivity (Wildman–Crippen MR) is 122 cm³/mol. The maximum atomic E-state index is 6.53. The lowest BCUT2D eigenvalue weighted by Gasteiger charge is -2.25. The third-order valence-electron chi connectivity index (χ3n) is 4.87. The molecule has 0 unspecified atom stereocenters. The maximum Gasteiger partial charge on any atom is 0.205 e. The SMILES string of the molecule is CCCCOc1ccc(N=C(N)N2c3ccccc3C=Cc3ccccc32)cc1. The van der Waals surface area contributed by atoms with Gasteiger partial charge in [-0.3, -0.25) is 4.90 Å². The first-order valence-electron chi connectivity index (χ1n) is 9.99. The summed E-state index contributed by atoms with van der Waals surface area (Å²) in [6.45, 7) is 2.88. The number of nitrogens with zero attached hydrogens (tertiary/aromatic N) is 2. The van der Waals surface area contributed by atoms with Crippen LogP contribution < -0.4 is 15.4 Å². The number of ether oxygens (including phenoxy) is 1. The molecular formula is C25H25N3O. The average Bonchev–Trinajstić information content (AvgIpc) is 2.92. The maximum absolute atomic E-state index is 6.53. The van der Waals surface area contributed by atoms with Crippen molar-refractivity contribution in [3.63, 3.8) is 0 Å². The van der Waals surface area contributed by atoms with Crippen molar-refractivity contribution in [3.8, 4) is 5.75 Å². The summed E-state index contributed by atoms with van der Waals surface area (Å²) in [4.78, 5) is 6.71. The predicted octanol–water partition coefficient (Wildman–Crippen LogP) is 6.13. The van der Waals surface area contributed by atoms with Gasteiger partial charge >= 0.3 is 0 Å². The van der Waals surface area contributed by atoms with Crippen LogP contribution in [0.1, 0.15) is 30.9 Å². The highest BCUT2D eigenvalue weighted by molar-refractivity contribution is 6.07. The molecule has 0 amide bonds. The Bertz CT molecular complexity index is 988. The van der Waals surface area contributed by atoms with Crippen LogP contribution in [-0.4, -0.2) is 12.6 Å². The number of rotatable bonds is 5. The van der Waals surface area contributed by atoms with Crippen LogP contribution in [0.2, 0.25) is 0 Å². The van der Waals surface area contributed by atoms with E-state index < -0.39 is 0 Å². The summed E-state index contributed by atoms with van der Waals surface area (Å²) in [5, 5.41) is 0. The molecule has 4 rings (SSSR count). The van der Waals surface area contributed by atoms with Gasteiger partial charge < -0.3 is 10.5 Å². The van der Waals surface area contributed by atoms with Gasteiger partial charge in [-0.1, -0.05) is 61.9 Å². The number of aliphatic imine (C=N–C) groups is 1. The minimum Gasteiger partial charge on any atom is -0.494 e. The molecule has 2 N–H and O–H groups in total. The van der Waals surface area contributed by atoms with Crippen molar-refractivity contribution < 1.29 is 4.74 Å². The molecule has 0 spiro atoms. The van der Waals surface area contributed by atoms with Crippen LogP contribution in [0.3, 0.4) is 0 Å². The number of fused-ring (bicyclic) bond motifs is 2. The number of hydrogen-bond donors (Lipinski definition) is 1. The molecule has 1 aliphatic rings. The summed E-state index contributed by atoms with van der Waals surface area (Å²) in [7, 11) is 0. The van der Waals surface area contributed by atoms with Gasteiger partial charge in [0.25, 0.3) is 0 Å². The minimum atomic E-state index is 0.424. The minimum absolute atomic E-state index is 0.424. The molecule has 0 fully saturated rings. The first-order chi connectivity index (χ1) is 14.3. The Labute approximate surface area is 172 Å². The lowest BCUT2D eigenvalue weighted by molar-refractivity contribution is 0.309. The van der Waals surface area contributed by atoms with Gasteiger partial charge in [0.2, 0.25) is 5.96 Å². The van der Waals surface area contributed by atoms with E-state index in [-0.39, 0.29) is 0 Å². The van der Waals surface area contributed by atoms with E-state index in [1.54, 1.807) is 0 Å². The first kappa shape index (κ1) is 18.8. The Morgan fingerprint density at radius 2 is 1.45 bits per heavy atom. The van der Waals surface area contributed by atoms with Gasteiger partial charge in [0.15, 0.2) is 0 Å². The molecule has 0 atom stereocenters. The highest BCUT2D eigenvalue weighted by atomic mass is 16.5. The fraction of sp³-hybridized carbons (Fsp3) is 0.160. The van der Waals surface area contributed by atoms with Crippen LogP contribution in [-0.2, 0) is 0 Å². The molecule has 0 bridgehead atoms. The van der Waals surface area contributed by atoms with Crippen molar-refractivity contribution in [2.24, 2.45) is 10.7 Å². The Kier molecular flexibility index (Phi) is 5.61. The summed E-state index contributed by atoms with van der Waals surface area (Å²) < 4.78 is 5.73. The van der Waals surface area contributed by atoms with Crippen LogP contribution in [0.5, 0.6) is 5.75 Å². The molecule has 0 saturated heterocycles. The van der Waals surface area contributed by atoms with Gasteiger partial charge in [0.05, 0.1) is 23.7 Å². The van der Waals surface area contributed by atoms with E-state index in [1.165, 1.54) is 0 Å². The molecular weight excluding hydrogens is 358 g/mol. The van der Waals surface area contributed by atoms with Crippen molar-refractivity contribution in [1.29, 1.82) is 0 Å². The number of benzene rings is 3. The second kappa shape index (κ2) is 8.65. The van der Waals surface area contributed by atoms with Crippen LogP contribution in [0.25, 0.3) is 12.2 Å². The zero-order valence-electron chi connectivity index (χ0n) is 16.6. The van der Waals surface area contributed by atoms with Crippen molar-refractivity contribution in [2.75, 3.05) is 11.5 Å². The standard InChI is InChI=1S/C25H25N3O/c1-2-3-18-29-22-16-14-21(15-17-22)27-25(26)28-23-10-6-4-8-19(23)12-13-20-9-5-7-11-24(20)28/h4-17H,2-3,18H2,1H3,(H2,26,27). The van der Waals surface area contributed by atoms with Crippen LogP contribution in [0.4, 0.5) is 17.1 Å². The number of anilines is 2. The normalized spacial score (nSPS) is 12.9. The van der Waals surface area contributed by atoms with Crippen molar-refractivity contribution in [3.05, 3.63) is 83.9 Å². The largest absolute Gasteiger partial charge is 0.494 e. The van der Waals surface area contributed by atoms with Crippen molar-refractivity contribution in [1.82, 2.24) is 0 Å². The molecule has 4 heteroatoms. The Hall–Kier alpha value is -3.53. The second-order valence-corrected chi connectivity index (χ2v) is 6.95. The van der Waals surface area contributed by atoms with E-state index in [0.29, 0.717) is 5.96 Å². The Morgan fingerprint density at radius 1 is 0.862 bits per heavy atom. The van der Waals surface area contributed by atoms with E-state index in [9.17, 15) is 0 Å². The monoisotopic (exact) mass is 383 g/mol. The summed E-state index contributed by atoms with van der Waals surface area (Å²) in [6.07, 6.45) is 6.40. The molecule has 1 aliphatic heterocycles. The molecule has 1 heterocycles. The van der Waals surface area contributed by atoms with Gasteiger partial charge in [-0.2, -0.15) is 0 Å². The van der Waals surface area contributed by atoms with Gasteiger partial charge in [-0.25, -0.2) is 4.99 Å². The van der Waals surface area contributed by atoms with E-state index in [2.05, 4.69) is 43.3 Å². The van der Waals surface area contributed by atoms with E-state index in [1.807, 2.05) is 53.4 Å². The summed E-state index contributed by atoms with van der Waals surface area (Å²) >= 11 is 0. The Morgan fingerprint density at radius 3 is 2.03 bits per heavy atom. The number of unbranched alkanes of at least 4 members (excludes halogenated alkanes) is 1. The molecule has 3 aromatic rings. The smallest absolute Gasteiger partial charge is 0.205 e. The second-order valence-electron chi connectivity index (χ2n) is 6.95. The Balaban J connectivity index is 1.67. The van der Waals surface area contributed by atoms with Gasteiger partial charge in [0, 0.05) is 0 Å². The molecule has 0 aliphatic carbocycles. The summed E-state index contributed by atoms with van der Waals surface area (Å²) in [5.41, 5.74) is 11.5. The quantitative estimate of drug-likeness (QED) is 0.327. The topological polar surface area (TPSA) is 50.9 Å². The zero-order valence-corrected chi connectivity index (χ0v) is 16.6. The number of hydrogen-bond acceptors (Lipinski definition) is 2. The van der Waals surface area contributed by atoms with Crippen LogP contribution >= 0.6 is 0 Å². The fourth-order valence-corrected chi connectivity index (χ4v) is 3.35. The highest BCUT2D eigenvalue weighted by Crippen LogP contribution is 2.36.